The zero-order valence-corrected chi connectivity index (χ0v) is 12.0. The minimum atomic E-state index is -0.202. The van der Waals surface area contributed by atoms with E-state index in [0.29, 0.717) is 11.0 Å². The average molecular weight is 269 g/mol. The summed E-state index contributed by atoms with van der Waals surface area (Å²) in [5.41, 5.74) is 1.37. The van der Waals surface area contributed by atoms with E-state index in [1.807, 2.05) is 34.6 Å². The largest absolute Gasteiger partial charge is 0.283 e. The lowest BCUT2D eigenvalue weighted by molar-refractivity contribution is 0.567. The third-order valence-electron chi connectivity index (χ3n) is 2.83. The number of aromatic nitrogens is 4. The number of fused-ring (bicyclic) bond motifs is 1. The Hall–Kier alpha value is -1.36. The molecule has 2 heterocycles. The van der Waals surface area contributed by atoms with Gasteiger partial charge in [-0.1, -0.05) is 20.8 Å². The molecule has 0 aliphatic rings. The lowest BCUT2D eigenvalue weighted by atomic mass is 9.91. The van der Waals surface area contributed by atoms with Gasteiger partial charge in [0, 0.05) is 11.5 Å². The van der Waals surface area contributed by atoms with Crippen LogP contribution in [-0.4, -0.2) is 19.7 Å². The third kappa shape index (κ3) is 1.92. The van der Waals surface area contributed by atoms with Crippen molar-refractivity contribution in [2.45, 2.75) is 46.1 Å². The molecule has 0 saturated carbocycles. The average Bonchev–Trinajstić information content (AvgIpc) is 2.59. The van der Waals surface area contributed by atoms with Crippen LogP contribution in [0.4, 0.5) is 0 Å². The van der Waals surface area contributed by atoms with Crippen LogP contribution in [0.15, 0.2) is 4.79 Å². The first-order valence-corrected chi connectivity index (χ1v) is 6.28. The molecule has 0 aromatic carbocycles. The van der Waals surface area contributed by atoms with Crippen molar-refractivity contribution in [2.75, 3.05) is 0 Å². The van der Waals surface area contributed by atoms with Gasteiger partial charge in [-0.3, -0.25) is 14.5 Å². The summed E-state index contributed by atoms with van der Waals surface area (Å²) in [6, 6.07) is -0.0447. The van der Waals surface area contributed by atoms with Gasteiger partial charge in [-0.05, 0) is 25.4 Å². The second-order valence-electron chi connectivity index (χ2n) is 5.70. The van der Waals surface area contributed by atoms with Crippen LogP contribution in [0.25, 0.3) is 11.0 Å². The van der Waals surface area contributed by atoms with Crippen LogP contribution in [0, 0.1) is 0 Å². The maximum atomic E-state index is 12.3. The zero-order valence-electron chi connectivity index (χ0n) is 11.2. The van der Waals surface area contributed by atoms with Gasteiger partial charge >= 0.3 is 0 Å². The molecule has 0 saturated heterocycles. The molecule has 1 N–H and O–H groups in total. The third-order valence-corrected chi connectivity index (χ3v) is 3.10. The SMILES string of the molecule is CC(C)n1c(Cl)nc2c(C(C)(C)C)[nH]nc2c1=O. The molecule has 0 atom stereocenters. The van der Waals surface area contributed by atoms with Crippen LogP contribution in [0.1, 0.15) is 46.4 Å². The molecule has 5 nitrogen and oxygen atoms in total. The van der Waals surface area contributed by atoms with Crippen molar-refractivity contribution in [2.24, 2.45) is 0 Å². The highest BCUT2D eigenvalue weighted by molar-refractivity contribution is 6.28. The maximum Gasteiger partial charge on any atom is 0.283 e. The summed E-state index contributed by atoms with van der Waals surface area (Å²) in [5.74, 6) is 0. The van der Waals surface area contributed by atoms with Crippen LogP contribution >= 0.6 is 11.6 Å². The van der Waals surface area contributed by atoms with Gasteiger partial charge in [-0.2, -0.15) is 5.10 Å². The van der Waals surface area contributed by atoms with Crippen molar-refractivity contribution in [3.63, 3.8) is 0 Å². The Labute approximate surface area is 110 Å². The first-order chi connectivity index (χ1) is 8.23. The molecule has 0 amide bonds. The number of nitrogens with zero attached hydrogens (tertiary/aromatic N) is 3. The van der Waals surface area contributed by atoms with E-state index in [4.69, 9.17) is 11.6 Å². The quantitative estimate of drug-likeness (QED) is 0.809. The molecule has 6 heteroatoms. The smallest absolute Gasteiger partial charge is 0.279 e. The minimum absolute atomic E-state index is 0.0447. The van der Waals surface area contributed by atoms with Crippen molar-refractivity contribution in [3.05, 3.63) is 21.3 Å². The highest BCUT2D eigenvalue weighted by Gasteiger charge is 2.24. The minimum Gasteiger partial charge on any atom is -0.279 e. The highest BCUT2D eigenvalue weighted by Crippen LogP contribution is 2.26. The van der Waals surface area contributed by atoms with Crippen molar-refractivity contribution in [3.8, 4) is 0 Å². The fourth-order valence-electron chi connectivity index (χ4n) is 1.91. The van der Waals surface area contributed by atoms with Crippen LogP contribution < -0.4 is 5.56 Å². The van der Waals surface area contributed by atoms with Crippen LogP contribution in [0.5, 0.6) is 0 Å². The van der Waals surface area contributed by atoms with E-state index in [0.717, 1.165) is 5.69 Å². The first-order valence-electron chi connectivity index (χ1n) is 5.90. The van der Waals surface area contributed by atoms with Gasteiger partial charge in [0.15, 0.2) is 5.52 Å². The second kappa shape index (κ2) is 4.09. The summed E-state index contributed by atoms with van der Waals surface area (Å²) < 4.78 is 1.44. The molecule has 0 aliphatic carbocycles. The van der Waals surface area contributed by atoms with Crippen LogP contribution in [-0.2, 0) is 5.41 Å². The van der Waals surface area contributed by atoms with Gasteiger partial charge < -0.3 is 0 Å². The Morgan fingerprint density at radius 3 is 2.39 bits per heavy atom. The number of nitrogens with one attached hydrogen (secondary N) is 1. The van der Waals surface area contributed by atoms with Crippen molar-refractivity contribution in [1.82, 2.24) is 19.7 Å². The number of H-pyrrole nitrogens is 1. The normalized spacial score (nSPS) is 12.6. The number of halogens is 1. The fraction of sp³-hybridized carbons (Fsp3) is 0.583. The predicted octanol–water partition coefficient (Wildman–Crippen LogP) is 2.65. The number of aromatic amines is 1. The first kappa shape index (κ1) is 13.1. The van der Waals surface area contributed by atoms with E-state index < -0.39 is 0 Å². The van der Waals surface area contributed by atoms with Crippen molar-refractivity contribution < 1.29 is 0 Å². The summed E-state index contributed by atoms with van der Waals surface area (Å²) in [6.07, 6.45) is 0. The van der Waals surface area contributed by atoms with E-state index in [-0.39, 0.29) is 22.3 Å². The molecule has 0 unspecified atom stereocenters. The molecule has 0 radical (unpaired) electrons. The van der Waals surface area contributed by atoms with Crippen LogP contribution in [0.2, 0.25) is 5.28 Å². The Morgan fingerprint density at radius 2 is 1.89 bits per heavy atom. The van der Waals surface area contributed by atoms with Gasteiger partial charge in [-0.25, -0.2) is 4.98 Å². The topological polar surface area (TPSA) is 63.6 Å². The Kier molecular flexibility index (Phi) is 2.97. The monoisotopic (exact) mass is 268 g/mol. The lowest BCUT2D eigenvalue weighted by Crippen LogP contribution is -2.24. The standard InChI is InChI=1S/C12H17ClN4O/c1-6(2)17-10(18)8-7(14-11(17)13)9(16-15-8)12(3,4)5/h6H,1-5H3,(H,15,16). The van der Waals surface area contributed by atoms with E-state index in [2.05, 4.69) is 15.2 Å². The Morgan fingerprint density at radius 1 is 1.28 bits per heavy atom. The summed E-state index contributed by atoms with van der Waals surface area (Å²) in [5, 5.41) is 7.20. The molecular formula is C12H17ClN4O. The van der Waals surface area contributed by atoms with Crippen LogP contribution in [0.3, 0.4) is 0 Å². The molecule has 2 aromatic rings. The Balaban J connectivity index is 2.85. The molecule has 0 fully saturated rings. The molecular weight excluding hydrogens is 252 g/mol. The summed E-state index contributed by atoms with van der Waals surface area (Å²) in [6.45, 7) is 9.87. The molecule has 18 heavy (non-hydrogen) atoms. The maximum absolute atomic E-state index is 12.3. The number of hydrogen-bond acceptors (Lipinski definition) is 3. The van der Waals surface area contributed by atoms with E-state index >= 15 is 0 Å². The zero-order chi connectivity index (χ0) is 13.7. The summed E-state index contributed by atoms with van der Waals surface area (Å²) in [7, 11) is 0. The summed E-state index contributed by atoms with van der Waals surface area (Å²) in [4.78, 5) is 16.6. The van der Waals surface area contributed by atoms with E-state index in [9.17, 15) is 4.79 Å². The Bertz CT molecular complexity index is 648. The van der Waals surface area contributed by atoms with E-state index in [1.54, 1.807) is 0 Å². The number of rotatable bonds is 1. The fourth-order valence-corrected chi connectivity index (χ4v) is 2.27. The molecule has 0 aliphatic heterocycles. The lowest BCUT2D eigenvalue weighted by Gasteiger charge is -2.16. The molecule has 2 rings (SSSR count). The van der Waals surface area contributed by atoms with Gasteiger partial charge in [0.25, 0.3) is 5.56 Å². The van der Waals surface area contributed by atoms with Gasteiger partial charge in [0.1, 0.15) is 5.52 Å². The second-order valence-corrected chi connectivity index (χ2v) is 6.03. The van der Waals surface area contributed by atoms with Gasteiger partial charge in [0.05, 0.1) is 5.69 Å². The summed E-state index contributed by atoms with van der Waals surface area (Å²) >= 11 is 6.09. The van der Waals surface area contributed by atoms with E-state index in [1.165, 1.54) is 4.57 Å². The van der Waals surface area contributed by atoms with Gasteiger partial charge in [0.2, 0.25) is 5.28 Å². The molecule has 2 aromatic heterocycles. The number of hydrogen-bond donors (Lipinski definition) is 1. The van der Waals surface area contributed by atoms with Crippen molar-refractivity contribution in [1.29, 1.82) is 0 Å². The molecule has 98 valence electrons. The highest BCUT2D eigenvalue weighted by atomic mass is 35.5. The van der Waals surface area contributed by atoms with Crippen molar-refractivity contribution >= 4 is 22.6 Å². The predicted molar refractivity (Wildman–Crippen MR) is 72.2 cm³/mol. The van der Waals surface area contributed by atoms with Gasteiger partial charge in [-0.15, -0.1) is 0 Å². The molecule has 0 bridgehead atoms. The molecule has 0 spiro atoms.